The van der Waals surface area contributed by atoms with Crippen LogP contribution in [0.3, 0.4) is 0 Å². The van der Waals surface area contributed by atoms with Crippen molar-refractivity contribution in [3.05, 3.63) is 11.7 Å². The SMILES string of the molecule is CCC(Cc1nc(C2CN(C(C)C)CCO2)no1)NC. The van der Waals surface area contributed by atoms with E-state index in [-0.39, 0.29) is 6.10 Å². The third kappa shape index (κ3) is 3.77. The lowest BCUT2D eigenvalue weighted by Gasteiger charge is -2.34. The van der Waals surface area contributed by atoms with Gasteiger partial charge in [-0.2, -0.15) is 4.98 Å². The molecule has 0 aliphatic carbocycles. The largest absolute Gasteiger partial charge is 0.367 e. The molecule has 0 saturated carbocycles. The number of ether oxygens (including phenoxy) is 1. The summed E-state index contributed by atoms with van der Waals surface area (Å²) in [4.78, 5) is 6.88. The number of aromatic nitrogens is 2. The summed E-state index contributed by atoms with van der Waals surface area (Å²) in [5, 5.41) is 7.33. The maximum Gasteiger partial charge on any atom is 0.228 e. The molecule has 2 atom stereocenters. The monoisotopic (exact) mass is 282 g/mol. The molecule has 0 amide bonds. The Morgan fingerprint density at radius 1 is 1.45 bits per heavy atom. The van der Waals surface area contributed by atoms with E-state index in [0.717, 1.165) is 32.5 Å². The van der Waals surface area contributed by atoms with Crippen LogP contribution in [-0.4, -0.2) is 53.9 Å². The fourth-order valence-electron chi connectivity index (χ4n) is 2.44. The van der Waals surface area contributed by atoms with E-state index in [1.807, 2.05) is 7.05 Å². The van der Waals surface area contributed by atoms with Gasteiger partial charge in [-0.15, -0.1) is 0 Å². The highest BCUT2D eigenvalue weighted by molar-refractivity contribution is 4.96. The van der Waals surface area contributed by atoms with Gasteiger partial charge in [-0.1, -0.05) is 12.1 Å². The van der Waals surface area contributed by atoms with Crippen LogP contribution in [0.2, 0.25) is 0 Å². The van der Waals surface area contributed by atoms with Crippen molar-refractivity contribution in [2.75, 3.05) is 26.7 Å². The van der Waals surface area contributed by atoms with Crippen LogP contribution < -0.4 is 5.32 Å². The van der Waals surface area contributed by atoms with Gasteiger partial charge in [0, 0.05) is 31.6 Å². The first kappa shape index (κ1) is 15.4. The minimum Gasteiger partial charge on any atom is -0.367 e. The summed E-state index contributed by atoms with van der Waals surface area (Å²) >= 11 is 0. The quantitative estimate of drug-likeness (QED) is 0.851. The van der Waals surface area contributed by atoms with Gasteiger partial charge in [0.25, 0.3) is 0 Å². The van der Waals surface area contributed by atoms with Crippen LogP contribution >= 0.6 is 0 Å². The Balaban J connectivity index is 1.97. The first-order chi connectivity index (χ1) is 9.63. The molecule has 0 aromatic carbocycles. The molecule has 1 aliphatic rings. The standard InChI is InChI=1S/C14H26N4O2/c1-5-11(15-4)8-13-16-14(17-20-13)12-9-18(10(2)3)6-7-19-12/h10-12,15H,5-9H2,1-4H3. The highest BCUT2D eigenvalue weighted by Gasteiger charge is 2.27. The van der Waals surface area contributed by atoms with Crippen molar-refractivity contribution < 1.29 is 9.26 Å². The fourth-order valence-corrected chi connectivity index (χ4v) is 2.44. The molecule has 1 fully saturated rings. The topological polar surface area (TPSA) is 63.4 Å². The summed E-state index contributed by atoms with van der Waals surface area (Å²) in [5.41, 5.74) is 0. The summed E-state index contributed by atoms with van der Waals surface area (Å²) in [6, 6.07) is 0.893. The molecule has 0 radical (unpaired) electrons. The van der Waals surface area contributed by atoms with Gasteiger partial charge in [-0.05, 0) is 27.3 Å². The Labute approximate surface area is 120 Å². The summed E-state index contributed by atoms with van der Waals surface area (Å²) in [7, 11) is 1.95. The molecular weight excluding hydrogens is 256 g/mol. The van der Waals surface area contributed by atoms with E-state index in [1.165, 1.54) is 0 Å². The van der Waals surface area contributed by atoms with E-state index < -0.39 is 0 Å². The van der Waals surface area contributed by atoms with E-state index >= 15 is 0 Å². The van der Waals surface area contributed by atoms with Gasteiger partial charge < -0.3 is 14.6 Å². The molecule has 114 valence electrons. The van der Waals surface area contributed by atoms with Gasteiger partial charge in [-0.3, -0.25) is 4.90 Å². The first-order valence-corrected chi connectivity index (χ1v) is 7.49. The summed E-state index contributed by atoms with van der Waals surface area (Å²) in [5.74, 6) is 1.36. The Morgan fingerprint density at radius 2 is 2.25 bits per heavy atom. The van der Waals surface area contributed by atoms with E-state index in [4.69, 9.17) is 9.26 Å². The second kappa shape index (κ2) is 7.15. The third-order valence-corrected chi connectivity index (χ3v) is 3.92. The fraction of sp³-hybridized carbons (Fsp3) is 0.857. The van der Waals surface area contributed by atoms with Gasteiger partial charge in [0.1, 0.15) is 6.10 Å². The number of hydrogen-bond donors (Lipinski definition) is 1. The Bertz CT molecular complexity index is 404. The molecule has 1 N–H and O–H groups in total. The van der Waals surface area contributed by atoms with Crippen LogP contribution in [0.4, 0.5) is 0 Å². The first-order valence-electron chi connectivity index (χ1n) is 7.49. The highest BCUT2D eigenvalue weighted by Crippen LogP contribution is 2.21. The van der Waals surface area contributed by atoms with Crippen molar-refractivity contribution in [1.29, 1.82) is 0 Å². The lowest BCUT2D eigenvalue weighted by Crippen LogP contribution is -2.42. The van der Waals surface area contributed by atoms with E-state index in [1.54, 1.807) is 0 Å². The lowest BCUT2D eigenvalue weighted by atomic mass is 10.1. The molecule has 2 heterocycles. The molecule has 1 saturated heterocycles. The van der Waals surface area contributed by atoms with Gasteiger partial charge in [0.15, 0.2) is 0 Å². The Hall–Kier alpha value is -0.980. The van der Waals surface area contributed by atoms with E-state index in [0.29, 0.717) is 23.8 Å². The van der Waals surface area contributed by atoms with Gasteiger partial charge in [-0.25, -0.2) is 0 Å². The predicted molar refractivity (Wildman–Crippen MR) is 76.5 cm³/mol. The Morgan fingerprint density at radius 3 is 2.90 bits per heavy atom. The lowest BCUT2D eigenvalue weighted by molar-refractivity contribution is -0.0450. The van der Waals surface area contributed by atoms with Crippen molar-refractivity contribution >= 4 is 0 Å². The average Bonchev–Trinajstić information content (AvgIpc) is 2.93. The molecule has 0 bridgehead atoms. The van der Waals surface area contributed by atoms with Crippen molar-refractivity contribution in [3.63, 3.8) is 0 Å². The number of morpholine rings is 1. The maximum absolute atomic E-state index is 5.77. The zero-order valence-corrected chi connectivity index (χ0v) is 12.9. The average molecular weight is 282 g/mol. The number of nitrogens with one attached hydrogen (secondary N) is 1. The second-order valence-corrected chi connectivity index (χ2v) is 5.59. The third-order valence-electron chi connectivity index (χ3n) is 3.92. The van der Waals surface area contributed by atoms with Crippen LogP contribution in [0.25, 0.3) is 0 Å². The number of nitrogens with zero attached hydrogens (tertiary/aromatic N) is 3. The molecule has 2 rings (SSSR count). The molecule has 6 nitrogen and oxygen atoms in total. The molecule has 1 aromatic heterocycles. The molecule has 0 spiro atoms. The van der Waals surface area contributed by atoms with Gasteiger partial charge in [0.2, 0.25) is 11.7 Å². The maximum atomic E-state index is 5.77. The van der Waals surface area contributed by atoms with Crippen molar-refractivity contribution in [3.8, 4) is 0 Å². The minimum atomic E-state index is -0.0710. The van der Waals surface area contributed by atoms with Crippen LogP contribution in [0.15, 0.2) is 4.52 Å². The van der Waals surface area contributed by atoms with E-state index in [2.05, 4.69) is 41.1 Å². The normalized spacial score (nSPS) is 22.4. The number of hydrogen-bond acceptors (Lipinski definition) is 6. The molecule has 1 aliphatic heterocycles. The summed E-state index contributed by atoms with van der Waals surface area (Å²) in [6.07, 6.45) is 1.73. The molecule has 6 heteroatoms. The minimum absolute atomic E-state index is 0.0710. The van der Waals surface area contributed by atoms with Crippen LogP contribution in [0.1, 0.15) is 45.0 Å². The Kier molecular flexibility index (Phi) is 5.51. The zero-order valence-electron chi connectivity index (χ0n) is 12.9. The molecule has 20 heavy (non-hydrogen) atoms. The number of likely N-dealkylation sites (N-methyl/N-ethyl adjacent to an activating group) is 1. The van der Waals surface area contributed by atoms with Gasteiger partial charge >= 0.3 is 0 Å². The van der Waals surface area contributed by atoms with Gasteiger partial charge in [0.05, 0.1) is 6.61 Å². The summed E-state index contributed by atoms with van der Waals surface area (Å²) in [6.45, 7) is 9.06. The number of rotatable bonds is 6. The molecule has 2 unspecified atom stereocenters. The van der Waals surface area contributed by atoms with Crippen LogP contribution in [0.5, 0.6) is 0 Å². The smallest absolute Gasteiger partial charge is 0.228 e. The van der Waals surface area contributed by atoms with Crippen molar-refractivity contribution in [2.24, 2.45) is 0 Å². The van der Waals surface area contributed by atoms with Crippen LogP contribution in [-0.2, 0) is 11.2 Å². The predicted octanol–water partition coefficient (Wildman–Crippen LogP) is 1.39. The molecular formula is C14H26N4O2. The van der Waals surface area contributed by atoms with Crippen molar-refractivity contribution in [2.45, 2.75) is 51.8 Å². The highest BCUT2D eigenvalue weighted by atomic mass is 16.5. The van der Waals surface area contributed by atoms with E-state index in [9.17, 15) is 0 Å². The summed E-state index contributed by atoms with van der Waals surface area (Å²) < 4.78 is 11.1. The zero-order chi connectivity index (χ0) is 14.5. The van der Waals surface area contributed by atoms with Crippen LogP contribution in [0, 0.1) is 0 Å². The second-order valence-electron chi connectivity index (χ2n) is 5.59. The molecule has 1 aromatic rings. The van der Waals surface area contributed by atoms with Crippen molar-refractivity contribution in [1.82, 2.24) is 20.4 Å².